The Labute approximate surface area is 104 Å². The summed E-state index contributed by atoms with van der Waals surface area (Å²) in [4.78, 5) is 4.21. The molecule has 0 spiro atoms. The maximum Gasteiger partial charge on any atom is 0.0911 e. The van der Waals surface area contributed by atoms with Gasteiger partial charge in [-0.15, -0.1) is 0 Å². The van der Waals surface area contributed by atoms with Crippen molar-refractivity contribution >= 4 is 0 Å². The van der Waals surface area contributed by atoms with E-state index in [2.05, 4.69) is 18.0 Å². The average molecular weight is 233 g/mol. The highest BCUT2D eigenvalue weighted by Crippen LogP contribution is 2.38. The van der Waals surface area contributed by atoms with E-state index in [1.54, 1.807) is 0 Å². The van der Waals surface area contributed by atoms with Gasteiger partial charge in [-0.2, -0.15) is 0 Å². The van der Waals surface area contributed by atoms with E-state index >= 15 is 0 Å². The van der Waals surface area contributed by atoms with Gasteiger partial charge in [0.05, 0.1) is 5.60 Å². The van der Waals surface area contributed by atoms with Crippen molar-refractivity contribution in [1.29, 1.82) is 0 Å². The third-order valence-corrected chi connectivity index (χ3v) is 4.16. The predicted molar refractivity (Wildman–Crippen MR) is 69.7 cm³/mol. The van der Waals surface area contributed by atoms with Gasteiger partial charge < -0.3 is 5.11 Å². The highest BCUT2D eigenvalue weighted by Gasteiger charge is 2.32. The SMILES string of the molecule is CCC1CCCC(O)(c2cncc(C)c2)CC1. The number of pyridine rings is 1. The summed E-state index contributed by atoms with van der Waals surface area (Å²) in [7, 11) is 0. The van der Waals surface area contributed by atoms with Crippen LogP contribution in [0.25, 0.3) is 0 Å². The first-order valence-corrected chi connectivity index (χ1v) is 6.78. The molecule has 0 saturated heterocycles. The van der Waals surface area contributed by atoms with E-state index in [0.717, 1.165) is 42.7 Å². The molecule has 94 valence electrons. The van der Waals surface area contributed by atoms with Crippen molar-refractivity contribution in [2.45, 2.75) is 58.0 Å². The minimum absolute atomic E-state index is 0.636. The molecule has 1 fully saturated rings. The number of aryl methyl sites for hydroxylation is 1. The van der Waals surface area contributed by atoms with Crippen LogP contribution in [-0.4, -0.2) is 10.1 Å². The van der Waals surface area contributed by atoms with E-state index in [9.17, 15) is 5.11 Å². The maximum absolute atomic E-state index is 10.8. The molecule has 0 radical (unpaired) electrons. The van der Waals surface area contributed by atoms with Crippen molar-refractivity contribution in [3.63, 3.8) is 0 Å². The number of aliphatic hydroxyl groups is 1. The van der Waals surface area contributed by atoms with Gasteiger partial charge in [0.2, 0.25) is 0 Å². The first kappa shape index (κ1) is 12.6. The van der Waals surface area contributed by atoms with Crippen molar-refractivity contribution in [2.75, 3.05) is 0 Å². The molecule has 1 aromatic rings. The Morgan fingerprint density at radius 3 is 2.88 bits per heavy atom. The molecule has 2 nitrogen and oxygen atoms in total. The molecule has 1 aliphatic carbocycles. The Morgan fingerprint density at radius 1 is 1.35 bits per heavy atom. The molecular formula is C15H23NO. The molecule has 2 rings (SSSR count). The van der Waals surface area contributed by atoms with E-state index in [-0.39, 0.29) is 0 Å². The van der Waals surface area contributed by atoms with Crippen molar-refractivity contribution < 1.29 is 5.11 Å². The Bertz CT molecular complexity index is 377. The minimum Gasteiger partial charge on any atom is -0.385 e. The Hall–Kier alpha value is -0.890. The third kappa shape index (κ3) is 2.86. The zero-order chi connectivity index (χ0) is 12.3. The summed E-state index contributed by atoms with van der Waals surface area (Å²) in [5, 5.41) is 10.8. The summed E-state index contributed by atoms with van der Waals surface area (Å²) in [6, 6.07) is 2.08. The lowest BCUT2D eigenvalue weighted by Crippen LogP contribution is -2.25. The van der Waals surface area contributed by atoms with Crippen LogP contribution >= 0.6 is 0 Å². The predicted octanol–water partition coefficient (Wildman–Crippen LogP) is 3.57. The van der Waals surface area contributed by atoms with Crippen LogP contribution in [0.1, 0.15) is 56.6 Å². The normalized spacial score (nSPS) is 29.9. The van der Waals surface area contributed by atoms with Crippen LogP contribution in [0.4, 0.5) is 0 Å². The van der Waals surface area contributed by atoms with Gasteiger partial charge in [-0.25, -0.2) is 0 Å². The lowest BCUT2D eigenvalue weighted by molar-refractivity contribution is 0.0192. The summed E-state index contributed by atoms with van der Waals surface area (Å²) in [5.41, 5.74) is 1.50. The van der Waals surface area contributed by atoms with Gasteiger partial charge in [-0.1, -0.05) is 25.8 Å². The molecule has 0 aliphatic heterocycles. The van der Waals surface area contributed by atoms with Crippen molar-refractivity contribution in [2.24, 2.45) is 5.92 Å². The van der Waals surface area contributed by atoms with Crippen LogP contribution in [0.15, 0.2) is 18.5 Å². The van der Waals surface area contributed by atoms with Gasteiger partial charge in [-0.3, -0.25) is 4.98 Å². The summed E-state index contributed by atoms with van der Waals surface area (Å²) >= 11 is 0. The molecule has 0 bridgehead atoms. The topological polar surface area (TPSA) is 33.1 Å². The molecular weight excluding hydrogens is 210 g/mol. The van der Waals surface area contributed by atoms with Crippen molar-refractivity contribution in [1.82, 2.24) is 4.98 Å². The molecule has 0 amide bonds. The monoisotopic (exact) mass is 233 g/mol. The second-order valence-electron chi connectivity index (χ2n) is 5.49. The molecule has 1 saturated carbocycles. The van der Waals surface area contributed by atoms with Crippen LogP contribution in [0.3, 0.4) is 0 Å². The average Bonchev–Trinajstić information content (AvgIpc) is 2.52. The lowest BCUT2D eigenvalue weighted by Gasteiger charge is -2.27. The number of hydrogen-bond donors (Lipinski definition) is 1. The van der Waals surface area contributed by atoms with Gasteiger partial charge in [0.25, 0.3) is 0 Å². The molecule has 1 N–H and O–H groups in total. The second kappa shape index (κ2) is 5.18. The van der Waals surface area contributed by atoms with Gasteiger partial charge in [0, 0.05) is 18.0 Å². The summed E-state index contributed by atoms with van der Waals surface area (Å²) < 4.78 is 0. The molecule has 1 heterocycles. The fourth-order valence-corrected chi connectivity index (χ4v) is 2.90. The Balaban J connectivity index is 2.18. The van der Waals surface area contributed by atoms with Gasteiger partial charge in [-0.05, 0) is 44.1 Å². The molecule has 1 aromatic heterocycles. The molecule has 2 heteroatoms. The van der Waals surface area contributed by atoms with Crippen LogP contribution in [-0.2, 0) is 5.60 Å². The standard InChI is InChI=1S/C15H23NO/c1-3-13-5-4-7-15(17,8-6-13)14-9-12(2)10-16-11-14/h9-11,13,17H,3-8H2,1-2H3. The number of hydrogen-bond acceptors (Lipinski definition) is 2. The molecule has 1 aliphatic rings. The number of aromatic nitrogens is 1. The molecule has 0 aromatic carbocycles. The quantitative estimate of drug-likeness (QED) is 0.792. The smallest absolute Gasteiger partial charge is 0.0911 e. The van der Waals surface area contributed by atoms with Gasteiger partial charge >= 0.3 is 0 Å². The van der Waals surface area contributed by atoms with Gasteiger partial charge in [0.1, 0.15) is 0 Å². The van der Waals surface area contributed by atoms with Crippen LogP contribution in [0.2, 0.25) is 0 Å². The largest absolute Gasteiger partial charge is 0.385 e. The van der Waals surface area contributed by atoms with E-state index in [4.69, 9.17) is 0 Å². The van der Waals surface area contributed by atoms with Crippen LogP contribution in [0.5, 0.6) is 0 Å². The number of nitrogens with zero attached hydrogens (tertiary/aromatic N) is 1. The minimum atomic E-state index is -0.636. The zero-order valence-corrected chi connectivity index (χ0v) is 10.9. The zero-order valence-electron chi connectivity index (χ0n) is 10.9. The highest BCUT2D eigenvalue weighted by molar-refractivity contribution is 5.23. The maximum atomic E-state index is 10.8. The fourth-order valence-electron chi connectivity index (χ4n) is 2.90. The molecule has 2 atom stereocenters. The lowest BCUT2D eigenvalue weighted by atomic mass is 9.86. The summed E-state index contributed by atoms with van der Waals surface area (Å²) in [5.74, 6) is 0.793. The summed E-state index contributed by atoms with van der Waals surface area (Å²) in [6.07, 6.45) is 10.2. The summed E-state index contributed by atoms with van der Waals surface area (Å²) in [6.45, 7) is 4.29. The highest BCUT2D eigenvalue weighted by atomic mass is 16.3. The van der Waals surface area contributed by atoms with E-state index in [1.165, 1.54) is 12.8 Å². The Kier molecular flexibility index (Phi) is 3.82. The van der Waals surface area contributed by atoms with Crippen molar-refractivity contribution in [3.05, 3.63) is 29.6 Å². The number of rotatable bonds is 2. The Morgan fingerprint density at radius 2 is 2.18 bits per heavy atom. The third-order valence-electron chi connectivity index (χ3n) is 4.16. The second-order valence-corrected chi connectivity index (χ2v) is 5.49. The van der Waals surface area contributed by atoms with E-state index in [0.29, 0.717) is 0 Å². The molecule has 2 unspecified atom stereocenters. The van der Waals surface area contributed by atoms with E-state index < -0.39 is 5.60 Å². The first-order chi connectivity index (χ1) is 8.14. The van der Waals surface area contributed by atoms with E-state index in [1.807, 2.05) is 19.3 Å². The fraction of sp³-hybridized carbons (Fsp3) is 0.667. The van der Waals surface area contributed by atoms with Gasteiger partial charge in [0.15, 0.2) is 0 Å². The van der Waals surface area contributed by atoms with Crippen LogP contribution in [0, 0.1) is 12.8 Å². The van der Waals surface area contributed by atoms with Crippen molar-refractivity contribution in [3.8, 4) is 0 Å². The first-order valence-electron chi connectivity index (χ1n) is 6.78. The molecule has 17 heavy (non-hydrogen) atoms. The van der Waals surface area contributed by atoms with Crippen LogP contribution < -0.4 is 0 Å².